The van der Waals surface area contributed by atoms with E-state index in [1.165, 1.54) is 25.3 Å². The highest BCUT2D eigenvalue weighted by molar-refractivity contribution is 9.09. The zero-order valence-corrected chi connectivity index (χ0v) is 13.3. The third-order valence-electron chi connectivity index (χ3n) is 3.75. The molecule has 0 radical (unpaired) electrons. The van der Waals surface area contributed by atoms with Crippen molar-refractivity contribution in [1.29, 1.82) is 0 Å². The van der Waals surface area contributed by atoms with Crippen molar-refractivity contribution < 1.29 is 14.5 Å². The van der Waals surface area contributed by atoms with Gasteiger partial charge in [0, 0.05) is 24.5 Å². The summed E-state index contributed by atoms with van der Waals surface area (Å²) in [7, 11) is 1.41. The molecule has 1 heterocycles. The summed E-state index contributed by atoms with van der Waals surface area (Å²) >= 11 is 3.47. The first-order valence-electron chi connectivity index (χ1n) is 6.74. The highest BCUT2D eigenvalue weighted by Crippen LogP contribution is 2.27. The highest BCUT2D eigenvalue weighted by Gasteiger charge is 2.25. The summed E-state index contributed by atoms with van der Waals surface area (Å²) in [5, 5.41) is 11.7. The second kappa shape index (κ2) is 6.89. The molecule has 6 nitrogen and oxygen atoms in total. The number of nitro benzene ring substituents is 1. The number of non-ortho nitro benzene ring substituents is 1. The number of hydrogen-bond donors (Lipinski definition) is 0. The van der Waals surface area contributed by atoms with Crippen LogP contribution in [-0.2, 0) is 0 Å². The summed E-state index contributed by atoms with van der Waals surface area (Å²) in [6, 6.07) is 4.09. The number of nitrogens with zero attached hydrogens (tertiary/aromatic N) is 2. The lowest BCUT2D eigenvalue weighted by Gasteiger charge is -2.31. The van der Waals surface area contributed by atoms with E-state index in [2.05, 4.69) is 15.9 Å². The van der Waals surface area contributed by atoms with Crippen LogP contribution in [0.3, 0.4) is 0 Å². The van der Waals surface area contributed by atoms with E-state index in [4.69, 9.17) is 4.74 Å². The molecule has 1 fully saturated rings. The predicted molar refractivity (Wildman–Crippen MR) is 82.1 cm³/mol. The summed E-state index contributed by atoms with van der Waals surface area (Å²) < 4.78 is 5.13. The number of hydrogen-bond acceptors (Lipinski definition) is 4. The lowest BCUT2D eigenvalue weighted by molar-refractivity contribution is -0.384. The average Bonchev–Trinajstić information content (AvgIpc) is 2.53. The minimum Gasteiger partial charge on any atom is -0.496 e. The molecule has 0 atom stereocenters. The van der Waals surface area contributed by atoms with Gasteiger partial charge in [-0.3, -0.25) is 14.9 Å². The molecule has 7 heteroatoms. The molecule has 2 rings (SSSR count). The monoisotopic (exact) mass is 356 g/mol. The van der Waals surface area contributed by atoms with Crippen LogP contribution in [0.2, 0.25) is 0 Å². The van der Waals surface area contributed by atoms with E-state index in [1.54, 1.807) is 4.90 Å². The van der Waals surface area contributed by atoms with Gasteiger partial charge in [-0.05, 0) is 24.8 Å². The van der Waals surface area contributed by atoms with Gasteiger partial charge in [0.15, 0.2) is 0 Å². The molecule has 21 heavy (non-hydrogen) atoms. The van der Waals surface area contributed by atoms with Crippen molar-refractivity contribution in [3.63, 3.8) is 0 Å². The van der Waals surface area contributed by atoms with Gasteiger partial charge >= 0.3 is 0 Å². The van der Waals surface area contributed by atoms with Gasteiger partial charge in [-0.2, -0.15) is 0 Å². The van der Waals surface area contributed by atoms with Crippen LogP contribution < -0.4 is 4.74 Å². The van der Waals surface area contributed by atoms with Gasteiger partial charge in [-0.1, -0.05) is 15.9 Å². The maximum atomic E-state index is 12.5. The quantitative estimate of drug-likeness (QED) is 0.472. The first-order chi connectivity index (χ1) is 10.1. The van der Waals surface area contributed by atoms with E-state index in [-0.39, 0.29) is 17.3 Å². The Morgan fingerprint density at radius 3 is 2.67 bits per heavy atom. The standard InChI is InChI=1S/C14H17BrN2O4/c1-21-13-8-11(17(19)20)2-3-12(13)14(18)16-6-4-10(9-15)5-7-16/h2-3,8,10H,4-7,9H2,1H3. The van der Waals surface area contributed by atoms with Gasteiger partial charge in [-0.15, -0.1) is 0 Å². The maximum absolute atomic E-state index is 12.5. The fraction of sp³-hybridized carbons (Fsp3) is 0.500. The molecule has 0 spiro atoms. The minimum atomic E-state index is -0.502. The van der Waals surface area contributed by atoms with E-state index in [0.717, 1.165) is 18.2 Å². The summed E-state index contributed by atoms with van der Waals surface area (Å²) in [5.41, 5.74) is 0.293. The number of carbonyl (C=O) groups is 1. The third kappa shape index (κ3) is 3.53. The Morgan fingerprint density at radius 2 is 2.14 bits per heavy atom. The van der Waals surface area contributed by atoms with Crippen LogP contribution in [0.1, 0.15) is 23.2 Å². The van der Waals surface area contributed by atoms with Crippen molar-refractivity contribution in [2.45, 2.75) is 12.8 Å². The molecule has 1 aliphatic rings. The van der Waals surface area contributed by atoms with Crippen molar-refractivity contribution in [3.05, 3.63) is 33.9 Å². The van der Waals surface area contributed by atoms with Crippen LogP contribution in [0.5, 0.6) is 5.75 Å². The predicted octanol–water partition coefficient (Wildman–Crippen LogP) is 2.85. The van der Waals surface area contributed by atoms with E-state index >= 15 is 0 Å². The van der Waals surface area contributed by atoms with Crippen molar-refractivity contribution in [1.82, 2.24) is 4.90 Å². The Balaban J connectivity index is 2.17. The number of benzene rings is 1. The number of rotatable bonds is 4. The third-order valence-corrected chi connectivity index (χ3v) is 4.66. The van der Waals surface area contributed by atoms with Crippen molar-refractivity contribution in [3.8, 4) is 5.75 Å². The zero-order chi connectivity index (χ0) is 15.4. The Kier molecular flexibility index (Phi) is 5.17. The van der Waals surface area contributed by atoms with E-state index in [0.29, 0.717) is 24.6 Å². The van der Waals surface area contributed by atoms with Crippen LogP contribution in [0.25, 0.3) is 0 Å². The average molecular weight is 357 g/mol. The number of piperidine rings is 1. The van der Waals surface area contributed by atoms with Gasteiger partial charge in [-0.25, -0.2) is 0 Å². The molecule has 114 valence electrons. The number of amides is 1. The Labute approximate surface area is 131 Å². The van der Waals surface area contributed by atoms with Crippen LogP contribution in [0.15, 0.2) is 18.2 Å². The molecule has 1 aliphatic heterocycles. The van der Waals surface area contributed by atoms with Gasteiger partial charge in [0.25, 0.3) is 11.6 Å². The molecule has 1 aromatic rings. The van der Waals surface area contributed by atoms with Crippen molar-refractivity contribution in [2.75, 3.05) is 25.5 Å². The largest absolute Gasteiger partial charge is 0.496 e. The van der Waals surface area contributed by atoms with Crippen molar-refractivity contribution >= 4 is 27.5 Å². The molecule has 0 aliphatic carbocycles. The Morgan fingerprint density at radius 1 is 1.48 bits per heavy atom. The van der Waals surface area contributed by atoms with E-state index < -0.39 is 4.92 Å². The van der Waals surface area contributed by atoms with Crippen molar-refractivity contribution in [2.24, 2.45) is 5.92 Å². The van der Waals surface area contributed by atoms with Crippen LogP contribution in [0, 0.1) is 16.0 Å². The Hall–Kier alpha value is -1.63. The number of halogens is 1. The van der Waals surface area contributed by atoms with Crippen LogP contribution in [-0.4, -0.2) is 41.3 Å². The van der Waals surface area contributed by atoms with Gasteiger partial charge in [0.05, 0.1) is 23.7 Å². The fourth-order valence-electron chi connectivity index (χ4n) is 2.43. The fourth-order valence-corrected chi connectivity index (χ4v) is 3.08. The number of carbonyl (C=O) groups excluding carboxylic acids is 1. The summed E-state index contributed by atoms with van der Waals surface area (Å²) in [6.07, 6.45) is 1.93. The second-order valence-electron chi connectivity index (χ2n) is 5.03. The summed E-state index contributed by atoms with van der Waals surface area (Å²) in [5.74, 6) is 0.722. The SMILES string of the molecule is COc1cc([N+](=O)[O-])ccc1C(=O)N1CCC(CBr)CC1. The first-order valence-corrected chi connectivity index (χ1v) is 7.86. The lowest BCUT2D eigenvalue weighted by atomic mass is 9.98. The summed E-state index contributed by atoms with van der Waals surface area (Å²) in [4.78, 5) is 24.6. The Bertz CT molecular complexity index is 542. The first kappa shape index (κ1) is 15.8. The topological polar surface area (TPSA) is 72.7 Å². The van der Waals surface area contributed by atoms with E-state index in [9.17, 15) is 14.9 Å². The molecule has 0 bridgehead atoms. The van der Waals surface area contributed by atoms with Gasteiger partial charge in [0.2, 0.25) is 0 Å². The van der Waals surface area contributed by atoms with Crippen LogP contribution >= 0.6 is 15.9 Å². The molecule has 1 saturated heterocycles. The van der Waals surface area contributed by atoms with Gasteiger partial charge in [0.1, 0.15) is 5.75 Å². The van der Waals surface area contributed by atoms with Gasteiger partial charge < -0.3 is 9.64 Å². The molecular weight excluding hydrogens is 340 g/mol. The number of alkyl halides is 1. The lowest BCUT2D eigenvalue weighted by Crippen LogP contribution is -2.38. The molecule has 0 N–H and O–H groups in total. The number of methoxy groups -OCH3 is 1. The second-order valence-corrected chi connectivity index (χ2v) is 5.68. The zero-order valence-electron chi connectivity index (χ0n) is 11.8. The molecule has 0 saturated carbocycles. The number of likely N-dealkylation sites (tertiary alicyclic amines) is 1. The molecule has 1 aromatic carbocycles. The summed E-state index contributed by atoms with van der Waals surface area (Å²) in [6.45, 7) is 1.41. The molecule has 1 amide bonds. The number of ether oxygens (including phenoxy) is 1. The highest BCUT2D eigenvalue weighted by atomic mass is 79.9. The molecular formula is C14H17BrN2O4. The molecule has 0 unspecified atom stereocenters. The number of nitro groups is 1. The van der Waals surface area contributed by atoms with E-state index in [1.807, 2.05) is 0 Å². The smallest absolute Gasteiger partial charge is 0.273 e. The maximum Gasteiger partial charge on any atom is 0.273 e. The normalized spacial score (nSPS) is 15.8. The molecule has 0 aromatic heterocycles. The van der Waals surface area contributed by atoms with Crippen LogP contribution in [0.4, 0.5) is 5.69 Å². The minimum absolute atomic E-state index is 0.0820.